The lowest BCUT2D eigenvalue weighted by atomic mass is 10.1. The molecule has 0 radical (unpaired) electrons. The third-order valence-electron chi connectivity index (χ3n) is 2.70. The summed E-state index contributed by atoms with van der Waals surface area (Å²) >= 11 is 0. The standard InChI is InChI=1S/C12H17N3O3/c1-8(11(13)14-17)12(16)15(2)9-5-4-6-10(7-9)18-3/h4-8,17H,1-3H3,(H2,13,14). The minimum atomic E-state index is -0.689. The van der Waals surface area contributed by atoms with Crippen molar-refractivity contribution in [2.45, 2.75) is 6.92 Å². The number of ether oxygens (including phenoxy) is 1. The van der Waals surface area contributed by atoms with Gasteiger partial charge in [-0.15, -0.1) is 0 Å². The summed E-state index contributed by atoms with van der Waals surface area (Å²) in [6.45, 7) is 1.58. The average molecular weight is 251 g/mol. The van der Waals surface area contributed by atoms with E-state index < -0.39 is 5.92 Å². The molecule has 6 nitrogen and oxygen atoms in total. The van der Waals surface area contributed by atoms with E-state index in [2.05, 4.69) is 5.16 Å². The van der Waals surface area contributed by atoms with Gasteiger partial charge in [0.15, 0.2) is 5.84 Å². The van der Waals surface area contributed by atoms with Crippen molar-refractivity contribution in [1.82, 2.24) is 0 Å². The highest BCUT2D eigenvalue weighted by Gasteiger charge is 2.22. The molecule has 3 N–H and O–H groups in total. The Morgan fingerprint density at radius 1 is 1.56 bits per heavy atom. The van der Waals surface area contributed by atoms with Crippen molar-refractivity contribution in [3.05, 3.63) is 24.3 Å². The smallest absolute Gasteiger partial charge is 0.237 e. The quantitative estimate of drug-likeness (QED) is 0.362. The van der Waals surface area contributed by atoms with Gasteiger partial charge in [-0.05, 0) is 19.1 Å². The first-order chi connectivity index (χ1) is 8.51. The molecular weight excluding hydrogens is 234 g/mol. The zero-order valence-electron chi connectivity index (χ0n) is 10.6. The van der Waals surface area contributed by atoms with Crippen molar-refractivity contribution < 1.29 is 14.7 Å². The zero-order chi connectivity index (χ0) is 13.7. The molecule has 0 aliphatic carbocycles. The first-order valence-corrected chi connectivity index (χ1v) is 5.40. The summed E-state index contributed by atoms with van der Waals surface area (Å²) in [7, 11) is 3.18. The number of anilines is 1. The van der Waals surface area contributed by atoms with Crippen LogP contribution >= 0.6 is 0 Å². The number of benzene rings is 1. The van der Waals surface area contributed by atoms with E-state index in [1.54, 1.807) is 45.3 Å². The van der Waals surface area contributed by atoms with E-state index in [1.165, 1.54) is 4.90 Å². The van der Waals surface area contributed by atoms with Crippen molar-refractivity contribution in [1.29, 1.82) is 0 Å². The third kappa shape index (κ3) is 2.91. The topological polar surface area (TPSA) is 88.2 Å². The average Bonchev–Trinajstić information content (AvgIpc) is 2.43. The summed E-state index contributed by atoms with van der Waals surface area (Å²) in [4.78, 5) is 13.5. The highest BCUT2D eigenvalue weighted by molar-refractivity contribution is 6.08. The van der Waals surface area contributed by atoms with Gasteiger partial charge in [0.2, 0.25) is 5.91 Å². The molecule has 0 saturated heterocycles. The second-order valence-electron chi connectivity index (χ2n) is 3.85. The number of nitrogens with zero attached hydrogens (tertiary/aromatic N) is 2. The van der Waals surface area contributed by atoms with Gasteiger partial charge in [0.1, 0.15) is 5.75 Å². The molecule has 1 amide bonds. The maximum Gasteiger partial charge on any atom is 0.237 e. The van der Waals surface area contributed by atoms with Crippen molar-refractivity contribution in [2.24, 2.45) is 16.8 Å². The molecular formula is C12H17N3O3. The molecule has 0 saturated carbocycles. The zero-order valence-corrected chi connectivity index (χ0v) is 10.6. The molecule has 18 heavy (non-hydrogen) atoms. The minimum Gasteiger partial charge on any atom is -0.497 e. The number of methoxy groups -OCH3 is 1. The van der Waals surface area contributed by atoms with E-state index in [0.29, 0.717) is 11.4 Å². The summed E-state index contributed by atoms with van der Waals surface area (Å²) in [5, 5.41) is 11.4. The molecule has 0 aromatic heterocycles. The van der Waals surface area contributed by atoms with E-state index in [1.807, 2.05) is 0 Å². The molecule has 0 spiro atoms. The summed E-state index contributed by atoms with van der Waals surface area (Å²) in [5.74, 6) is -0.414. The Labute approximate surface area is 106 Å². The Morgan fingerprint density at radius 2 is 2.22 bits per heavy atom. The molecule has 0 bridgehead atoms. The van der Waals surface area contributed by atoms with Crippen LogP contribution in [0.3, 0.4) is 0 Å². The number of nitrogens with two attached hydrogens (primary N) is 1. The van der Waals surface area contributed by atoms with Crippen molar-refractivity contribution in [3.8, 4) is 5.75 Å². The van der Waals surface area contributed by atoms with Crippen LogP contribution in [0.25, 0.3) is 0 Å². The fourth-order valence-electron chi connectivity index (χ4n) is 1.45. The van der Waals surface area contributed by atoms with Crippen molar-refractivity contribution in [2.75, 3.05) is 19.1 Å². The Hall–Kier alpha value is -2.24. The van der Waals surface area contributed by atoms with Gasteiger partial charge >= 0.3 is 0 Å². The molecule has 0 aliphatic rings. The predicted molar refractivity (Wildman–Crippen MR) is 69.0 cm³/mol. The number of rotatable bonds is 4. The van der Waals surface area contributed by atoms with E-state index in [9.17, 15) is 4.79 Å². The summed E-state index contributed by atoms with van der Waals surface area (Å²) in [6, 6.07) is 7.08. The maximum absolute atomic E-state index is 12.1. The first-order valence-electron chi connectivity index (χ1n) is 5.40. The lowest BCUT2D eigenvalue weighted by molar-refractivity contribution is -0.119. The van der Waals surface area contributed by atoms with Gasteiger partial charge in [0.05, 0.1) is 13.0 Å². The molecule has 6 heteroatoms. The number of amidine groups is 1. The van der Waals surface area contributed by atoms with Gasteiger partial charge in [-0.1, -0.05) is 11.2 Å². The highest BCUT2D eigenvalue weighted by atomic mass is 16.5. The molecule has 1 aromatic carbocycles. The second-order valence-corrected chi connectivity index (χ2v) is 3.85. The third-order valence-corrected chi connectivity index (χ3v) is 2.70. The molecule has 0 fully saturated rings. The van der Waals surface area contributed by atoms with Gasteiger partial charge < -0.3 is 20.6 Å². The van der Waals surface area contributed by atoms with Gasteiger partial charge in [-0.3, -0.25) is 4.79 Å². The number of carbonyl (C=O) groups excluding carboxylic acids is 1. The van der Waals surface area contributed by atoms with Crippen LogP contribution in [-0.2, 0) is 4.79 Å². The van der Waals surface area contributed by atoms with E-state index in [-0.39, 0.29) is 11.7 Å². The largest absolute Gasteiger partial charge is 0.497 e. The molecule has 1 aromatic rings. The van der Waals surface area contributed by atoms with Gasteiger partial charge in [-0.2, -0.15) is 0 Å². The molecule has 0 aliphatic heterocycles. The molecule has 1 unspecified atom stereocenters. The molecule has 1 atom stereocenters. The molecule has 1 rings (SSSR count). The Morgan fingerprint density at radius 3 is 2.78 bits per heavy atom. The van der Waals surface area contributed by atoms with E-state index in [4.69, 9.17) is 15.7 Å². The predicted octanol–water partition coefficient (Wildman–Crippen LogP) is 1.04. The number of amides is 1. The van der Waals surface area contributed by atoms with Crippen LogP contribution in [0.2, 0.25) is 0 Å². The minimum absolute atomic E-state index is 0.116. The van der Waals surface area contributed by atoms with Crippen molar-refractivity contribution in [3.63, 3.8) is 0 Å². The van der Waals surface area contributed by atoms with Gasteiger partial charge in [-0.25, -0.2) is 0 Å². The van der Waals surface area contributed by atoms with Crippen LogP contribution in [0.1, 0.15) is 6.92 Å². The summed E-state index contributed by atoms with van der Waals surface area (Å²) in [5.41, 5.74) is 6.09. The van der Waals surface area contributed by atoms with Crippen molar-refractivity contribution >= 4 is 17.4 Å². The van der Waals surface area contributed by atoms with Crippen LogP contribution < -0.4 is 15.4 Å². The lowest BCUT2D eigenvalue weighted by Crippen LogP contribution is -2.38. The van der Waals surface area contributed by atoms with Gasteiger partial charge in [0, 0.05) is 18.8 Å². The van der Waals surface area contributed by atoms with Crippen LogP contribution in [-0.4, -0.2) is 31.1 Å². The normalized spacial score (nSPS) is 12.9. The lowest BCUT2D eigenvalue weighted by Gasteiger charge is -2.21. The Kier molecular flexibility index (Phi) is 4.53. The fraction of sp³-hybridized carbons (Fsp3) is 0.333. The van der Waals surface area contributed by atoms with Gasteiger partial charge in [0.25, 0.3) is 0 Å². The number of oxime groups is 1. The maximum atomic E-state index is 12.1. The summed E-state index contributed by atoms with van der Waals surface area (Å²) in [6.07, 6.45) is 0. The van der Waals surface area contributed by atoms with Crippen LogP contribution in [0.5, 0.6) is 5.75 Å². The Balaban J connectivity index is 2.92. The SMILES string of the molecule is COc1cccc(N(C)C(=O)C(C)C(N)=NO)c1. The number of carbonyl (C=O) groups is 1. The Bertz CT molecular complexity index is 460. The first kappa shape index (κ1) is 13.8. The summed E-state index contributed by atoms with van der Waals surface area (Å²) < 4.78 is 5.09. The van der Waals surface area contributed by atoms with E-state index in [0.717, 1.165) is 0 Å². The molecule has 98 valence electrons. The van der Waals surface area contributed by atoms with E-state index >= 15 is 0 Å². The fourth-order valence-corrected chi connectivity index (χ4v) is 1.45. The number of hydrogen-bond donors (Lipinski definition) is 2. The monoisotopic (exact) mass is 251 g/mol. The van der Waals surface area contributed by atoms with Crippen LogP contribution in [0.15, 0.2) is 29.4 Å². The second kappa shape index (κ2) is 5.90. The highest BCUT2D eigenvalue weighted by Crippen LogP contribution is 2.21. The van der Waals surface area contributed by atoms with Crippen LogP contribution in [0.4, 0.5) is 5.69 Å². The number of hydrogen-bond acceptors (Lipinski definition) is 4. The molecule has 0 heterocycles. The van der Waals surface area contributed by atoms with Crippen LogP contribution in [0, 0.1) is 5.92 Å².